The van der Waals surface area contributed by atoms with E-state index in [0.717, 1.165) is 24.8 Å². The smallest absolute Gasteiger partial charge is 0.328 e. The summed E-state index contributed by atoms with van der Waals surface area (Å²) in [4.78, 5) is 68.9. The summed E-state index contributed by atoms with van der Waals surface area (Å²) in [6.07, 6.45) is 3.23. The highest BCUT2D eigenvalue weighted by Gasteiger charge is 2.26. The standard InChI is InChI=1S/C31H43N5O7/c1-6-42-24(37)16-15-23(28(40)43-7-2)33-26(38)21-13-11-19(12-14-21)9-8-10-20-17-22-25(32-18-20)34-30(35-27(22)39)36-29(41)31(3,4)5/h11-14,20,23H,6-10,15-18H2,1-5H3,(H,33,38)(H3,32,34,35,36,39,41)/t20?,23-/m1/s1. The number of hydrogen-bond acceptors (Lipinski definition) is 9. The Bertz CT molecular complexity index is 1350. The zero-order valence-corrected chi connectivity index (χ0v) is 25.6. The molecule has 0 bridgehead atoms. The van der Waals surface area contributed by atoms with Gasteiger partial charge in [0.1, 0.15) is 11.9 Å². The zero-order chi connectivity index (χ0) is 31.6. The molecule has 4 N–H and O–H groups in total. The molecule has 2 heterocycles. The predicted octanol–water partition coefficient (Wildman–Crippen LogP) is 3.37. The topological polar surface area (TPSA) is 169 Å². The number of nitrogens with zero attached hydrogens (tertiary/aromatic N) is 1. The van der Waals surface area contributed by atoms with Crippen molar-refractivity contribution >= 4 is 35.5 Å². The van der Waals surface area contributed by atoms with Crippen molar-refractivity contribution < 1.29 is 28.7 Å². The lowest BCUT2D eigenvalue weighted by Crippen LogP contribution is -2.42. The summed E-state index contributed by atoms with van der Waals surface area (Å²) in [5, 5.41) is 8.58. The molecule has 1 unspecified atom stereocenters. The van der Waals surface area contributed by atoms with Gasteiger partial charge in [0.05, 0.1) is 18.8 Å². The summed E-state index contributed by atoms with van der Waals surface area (Å²) >= 11 is 0. The van der Waals surface area contributed by atoms with Gasteiger partial charge in [0.15, 0.2) is 0 Å². The van der Waals surface area contributed by atoms with Crippen LogP contribution in [-0.2, 0) is 36.7 Å². The third kappa shape index (κ3) is 9.93. The molecule has 1 aromatic carbocycles. The lowest BCUT2D eigenvalue weighted by atomic mass is 9.91. The number of carbonyl (C=O) groups is 4. The zero-order valence-electron chi connectivity index (χ0n) is 25.6. The average Bonchev–Trinajstić information content (AvgIpc) is 2.95. The maximum absolute atomic E-state index is 12.8. The fourth-order valence-electron chi connectivity index (χ4n) is 4.64. The molecule has 1 aromatic heterocycles. The molecule has 1 aliphatic heterocycles. The molecule has 2 aromatic rings. The second-order valence-electron chi connectivity index (χ2n) is 11.6. The van der Waals surface area contributed by atoms with Gasteiger partial charge in [0, 0.05) is 23.9 Å². The number of H-pyrrole nitrogens is 1. The van der Waals surface area contributed by atoms with Crippen LogP contribution in [0.4, 0.5) is 11.8 Å². The molecule has 3 rings (SSSR count). The maximum Gasteiger partial charge on any atom is 0.328 e. The number of carbonyl (C=O) groups excluding carboxylic acids is 4. The Labute approximate surface area is 251 Å². The van der Waals surface area contributed by atoms with Crippen LogP contribution in [-0.4, -0.2) is 59.5 Å². The monoisotopic (exact) mass is 597 g/mol. The fourth-order valence-corrected chi connectivity index (χ4v) is 4.64. The van der Waals surface area contributed by atoms with Crippen molar-refractivity contribution in [1.29, 1.82) is 0 Å². The Morgan fingerprint density at radius 1 is 1.07 bits per heavy atom. The number of fused-ring (bicyclic) bond motifs is 1. The second kappa shape index (κ2) is 15.3. The van der Waals surface area contributed by atoms with Crippen LogP contribution in [0.1, 0.15) is 81.8 Å². The van der Waals surface area contributed by atoms with Crippen LogP contribution in [0.25, 0.3) is 0 Å². The first-order chi connectivity index (χ1) is 20.4. The molecule has 234 valence electrons. The van der Waals surface area contributed by atoms with Crippen LogP contribution in [0.2, 0.25) is 0 Å². The minimum atomic E-state index is -0.956. The molecular weight excluding hydrogens is 554 g/mol. The van der Waals surface area contributed by atoms with Gasteiger partial charge in [0.25, 0.3) is 11.5 Å². The van der Waals surface area contributed by atoms with Crippen molar-refractivity contribution in [1.82, 2.24) is 15.3 Å². The molecule has 0 fully saturated rings. The number of nitrogens with one attached hydrogen (secondary N) is 4. The lowest BCUT2D eigenvalue weighted by molar-refractivity contribution is -0.146. The van der Waals surface area contributed by atoms with Crippen molar-refractivity contribution in [2.75, 3.05) is 30.4 Å². The van der Waals surface area contributed by atoms with Crippen LogP contribution in [0.5, 0.6) is 0 Å². The minimum absolute atomic E-state index is 0.0137. The Balaban J connectivity index is 1.50. The van der Waals surface area contributed by atoms with Gasteiger partial charge in [-0.2, -0.15) is 4.98 Å². The summed E-state index contributed by atoms with van der Waals surface area (Å²) in [5.74, 6) is -0.802. The van der Waals surface area contributed by atoms with E-state index in [9.17, 15) is 24.0 Å². The van der Waals surface area contributed by atoms with Crippen LogP contribution in [0.15, 0.2) is 29.1 Å². The quantitative estimate of drug-likeness (QED) is 0.253. The Kier molecular flexibility index (Phi) is 11.8. The number of amides is 2. The number of benzene rings is 1. The molecule has 43 heavy (non-hydrogen) atoms. The van der Waals surface area contributed by atoms with E-state index in [4.69, 9.17) is 9.47 Å². The summed E-state index contributed by atoms with van der Waals surface area (Å²) in [7, 11) is 0. The minimum Gasteiger partial charge on any atom is -0.466 e. The third-order valence-electron chi connectivity index (χ3n) is 7.09. The van der Waals surface area contributed by atoms with Crippen molar-refractivity contribution in [3.63, 3.8) is 0 Å². The van der Waals surface area contributed by atoms with Gasteiger partial charge < -0.3 is 20.1 Å². The van der Waals surface area contributed by atoms with Gasteiger partial charge in [-0.3, -0.25) is 29.5 Å². The van der Waals surface area contributed by atoms with E-state index < -0.39 is 29.3 Å². The number of hydrogen-bond donors (Lipinski definition) is 4. The van der Waals surface area contributed by atoms with Gasteiger partial charge in [0.2, 0.25) is 11.9 Å². The highest BCUT2D eigenvalue weighted by atomic mass is 16.5. The normalized spacial score (nSPS) is 15.0. The average molecular weight is 598 g/mol. The van der Waals surface area contributed by atoms with E-state index >= 15 is 0 Å². The van der Waals surface area contributed by atoms with E-state index in [1.54, 1.807) is 46.8 Å². The molecule has 1 aliphatic rings. The molecule has 2 atom stereocenters. The molecule has 12 heteroatoms. The SMILES string of the molecule is CCOC(=O)CC[C@@H](NC(=O)c1ccc(CCCC2CNc3nc(NC(=O)C(C)(C)C)[nH]c(=O)c3C2)cc1)C(=O)OCC. The van der Waals surface area contributed by atoms with Crippen molar-refractivity contribution in [3.05, 3.63) is 51.3 Å². The molecule has 0 aliphatic carbocycles. The first kappa shape index (κ1) is 33.3. The van der Waals surface area contributed by atoms with Gasteiger partial charge in [-0.25, -0.2) is 4.79 Å². The molecule has 0 spiro atoms. The molecule has 0 saturated heterocycles. The van der Waals surface area contributed by atoms with E-state index in [-0.39, 0.29) is 49.4 Å². The second-order valence-corrected chi connectivity index (χ2v) is 11.6. The van der Waals surface area contributed by atoms with Crippen molar-refractivity contribution in [2.24, 2.45) is 11.3 Å². The molecule has 0 saturated carbocycles. The molecule has 0 radical (unpaired) electrons. The van der Waals surface area contributed by atoms with Gasteiger partial charge in [-0.15, -0.1) is 0 Å². The first-order valence-electron chi connectivity index (χ1n) is 14.8. The fraction of sp³-hybridized carbons (Fsp3) is 0.548. The van der Waals surface area contributed by atoms with E-state index in [1.165, 1.54) is 0 Å². The highest BCUT2D eigenvalue weighted by Crippen LogP contribution is 2.25. The van der Waals surface area contributed by atoms with E-state index in [2.05, 4.69) is 25.9 Å². The summed E-state index contributed by atoms with van der Waals surface area (Å²) < 4.78 is 9.97. The van der Waals surface area contributed by atoms with Gasteiger partial charge >= 0.3 is 11.9 Å². The summed E-state index contributed by atoms with van der Waals surface area (Å²) in [5.41, 5.74) is 1.17. The Morgan fingerprint density at radius 2 is 1.77 bits per heavy atom. The summed E-state index contributed by atoms with van der Waals surface area (Å²) in [6, 6.07) is 6.21. The number of aromatic nitrogens is 2. The third-order valence-corrected chi connectivity index (χ3v) is 7.09. The summed E-state index contributed by atoms with van der Waals surface area (Å²) in [6.45, 7) is 9.81. The van der Waals surface area contributed by atoms with Crippen LogP contribution >= 0.6 is 0 Å². The van der Waals surface area contributed by atoms with E-state index in [1.807, 2.05) is 12.1 Å². The number of aromatic amines is 1. The Hall–Kier alpha value is -4.22. The molecular formula is C31H43N5O7. The van der Waals surface area contributed by atoms with E-state index in [0.29, 0.717) is 29.9 Å². The number of ether oxygens (including phenoxy) is 2. The molecule has 2 amide bonds. The van der Waals surface area contributed by atoms with Gasteiger partial charge in [-0.05, 0) is 69.6 Å². The molecule has 12 nitrogen and oxygen atoms in total. The maximum atomic E-state index is 12.8. The number of rotatable bonds is 13. The predicted molar refractivity (Wildman–Crippen MR) is 162 cm³/mol. The van der Waals surface area contributed by atoms with Crippen molar-refractivity contribution in [2.45, 2.75) is 79.2 Å². The lowest BCUT2D eigenvalue weighted by Gasteiger charge is -2.25. The highest BCUT2D eigenvalue weighted by molar-refractivity contribution is 5.97. The van der Waals surface area contributed by atoms with Crippen LogP contribution in [0.3, 0.4) is 0 Å². The first-order valence-corrected chi connectivity index (χ1v) is 14.8. The van der Waals surface area contributed by atoms with Crippen molar-refractivity contribution in [3.8, 4) is 0 Å². The van der Waals surface area contributed by atoms with Gasteiger partial charge in [-0.1, -0.05) is 32.9 Å². The number of anilines is 2. The van der Waals surface area contributed by atoms with Crippen LogP contribution in [0, 0.1) is 11.3 Å². The number of aryl methyl sites for hydroxylation is 1. The largest absolute Gasteiger partial charge is 0.466 e. The Morgan fingerprint density at radius 3 is 2.42 bits per heavy atom. The number of esters is 2. The van der Waals surface area contributed by atoms with Crippen LogP contribution < -0.4 is 21.5 Å².